The van der Waals surface area contributed by atoms with Crippen LogP contribution in [0.3, 0.4) is 0 Å². The van der Waals surface area contributed by atoms with Crippen molar-refractivity contribution < 1.29 is 14.6 Å². The Bertz CT molecular complexity index is 627. The molecule has 2 N–H and O–H groups in total. The third-order valence-corrected chi connectivity index (χ3v) is 3.27. The summed E-state index contributed by atoms with van der Waals surface area (Å²) in [6.07, 6.45) is 1.53. The number of hydrogen-bond acceptors (Lipinski definition) is 4. The molecule has 2 aromatic rings. The monoisotopic (exact) mass is 300 g/mol. The number of amides is 1. The summed E-state index contributed by atoms with van der Waals surface area (Å²) in [7, 11) is 0. The Labute approximate surface area is 130 Å². The molecule has 0 aliphatic rings. The second-order valence-electron chi connectivity index (χ2n) is 5.11. The zero-order valence-electron chi connectivity index (χ0n) is 12.7. The lowest BCUT2D eigenvalue weighted by Gasteiger charge is -2.24. The molecule has 22 heavy (non-hydrogen) atoms. The Morgan fingerprint density at radius 2 is 2.00 bits per heavy atom. The molecule has 2 rings (SSSR count). The van der Waals surface area contributed by atoms with Crippen LogP contribution in [-0.4, -0.2) is 29.1 Å². The van der Waals surface area contributed by atoms with Gasteiger partial charge in [0, 0.05) is 6.20 Å². The topological polar surface area (TPSA) is 71.5 Å². The van der Waals surface area contributed by atoms with E-state index < -0.39 is 5.60 Å². The van der Waals surface area contributed by atoms with Gasteiger partial charge in [0.1, 0.15) is 5.60 Å². The number of nitrogens with zero attached hydrogens (tertiary/aromatic N) is 1. The highest BCUT2D eigenvalue weighted by atomic mass is 16.5. The van der Waals surface area contributed by atoms with Crippen LogP contribution in [0.2, 0.25) is 0 Å². The maximum atomic E-state index is 12.3. The summed E-state index contributed by atoms with van der Waals surface area (Å²) in [5.74, 6) is 0.0575. The van der Waals surface area contributed by atoms with Gasteiger partial charge in [0.05, 0.1) is 13.2 Å². The molecule has 0 saturated carbocycles. The van der Waals surface area contributed by atoms with E-state index in [2.05, 4.69) is 10.3 Å². The van der Waals surface area contributed by atoms with E-state index in [0.717, 1.165) is 5.56 Å². The van der Waals surface area contributed by atoms with Crippen molar-refractivity contribution in [2.75, 3.05) is 13.2 Å². The Kier molecular flexibility index (Phi) is 5.12. The average molecular weight is 300 g/mol. The lowest BCUT2D eigenvalue weighted by molar-refractivity contribution is 0.0524. The van der Waals surface area contributed by atoms with E-state index >= 15 is 0 Å². The zero-order chi connectivity index (χ0) is 16.0. The molecule has 0 fully saturated rings. The van der Waals surface area contributed by atoms with Crippen LogP contribution in [0.25, 0.3) is 0 Å². The number of rotatable bonds is 6. The lowest BCUT2D eigenvalue weighted by atomic mass is 9.96. The minimum Gasteiger partial charge on any atom is -0.491 e. The summed E-state index contributed by atoms with van der Waals surface area (Å²) in [6, 6.07) is 12.6. The number of aliphatic hydroxyl groups is 1. The fraction of sp³-hybridized carbons (Fsp3) is 0.294. The molecule has 5 heteroatoms. The maximum Gasteiger partial charge on any atom is 0.273 e. The number of nitrogens with one attached hydrogen (secondary N) is 1. The maximum absolute atomic E-state index is 12.3. The van der Waals surface area contributed by atoms with E-state index in [0.29, 0.717) is 12.4 Å². The van der Waals surface area contributed by atoms with Crippen molar-refractivity contribution in [3.63, 3.8) is 0 Å². The van der Waals surface area contributed by atoms with Crippen LogP contribution in [0, 0.1) is 0 Å². The first-order valence-electron chi connectivity index (χ1n) is 7.18. The molecule has 1 unspecified atom stereocenters. The van der Waals surface area contributed by atoms with Crippen LogP contribution in [-0.2, 0) is 5.60 Å². The summed E-state index contributed by atoms with van der Waals surface area (Å²) >= 11 is 0. The van der Waals surface area contributed by atoms with Gasteiger partial charge in [0.25, 0.3) is 5.91 Å². The highest BCUT2D eigenvalue weighted by molar-refractivity contribution is 5.94. The second-order valence-corrected chi connectivity index (χ2v) is 5.11. The minimum atomic E-state index is -1.16. The summed E-state index contributed by atoms with van der Waals surface area (Å²) in [5.41, 5.74) is -0.202. The normalized spacial score (nSPS) is 13.2. The number of ether oxygens (including phenoxy) is 1. The molecule has 1 atom stereocenters. The lowest BCUT2D eigenvalue weighted by Crippen LogP contribution is -2.39. The van der Waals surface area contributed by atoms with E-state index in [4.69, 9.17) is 4.74 Å². The molecule has 0 aliphatic carbocycles. The van der Waals surface area contributed by atoms with Gasteiger partial charge in [-0.1, -0.05) is 30.3 Å². The van der Waals surface area contributed by atoms with Gasteiger partial charge in [-0.15, -0.1) is 0 Å². The van der Waals surface area contributed by atoms with E-state index in [9.17, 15) is 9.90 Å². The quantitative estimate of drug-likeness (QED) is 0.857. The average Bonchev–Trinajstić information content (AvgIpc) is 2.54. The van der Waals surface area contributed by atoms with Crippen molar-refractivity contribution in [3.8, 4) is 5.75 Å². The fourth-order valence-electron chi connectivity index (χ4n) is 2.07. The van der Waals surface area contributed by atoms with Crippen LogP contribution < -0.4 is 10.1 Å². The number of aromatic nitrogens is 1. The number of pyridine rings is 1. The predicted octanol–water partition coefficient (Wildman–Crippen LogP) is 2.12. The van der Waals surface area contributed by atoms with Gasteiger partial charge in [-0.3, -0.25) is 4.79 Å². The van der Waals surface area contributed by atoms with Crippen LogP contribution in [0.4, 0.5) is 0 Å². The number of carbonyl (C=O) groups excluding carboxylic acids is 1. The van der Waals surface area contributed by atoms with Gasteiger partial charge in [-0.25, -0.2) is 4.98 Å². The van der Waals surface area contributed by atoms with E-state index in [1.807, 2.05) is 37.3 Å². The van der Waals surface area contributed by atoms with E-state index in [1.165, 1.54) is 6.20 Å². The molecule has 0 bridgehead atoms. The standard InChI is InChI=1S/C17H20N2O3/c1-3-22-14-10-7-11-18-15(14)16(20)19-12-17(2,21)13-8-5-4-6-9-13/h4-11,21H,3,12H2,1-2H3,(H,19,20). The first kappa shape index (κ1) is 16.0. The molecule has 1 amide bonds. The summed E-state index contributed by atoms with van der Waals surface area (Å²) in [4.78, 5) is 16.3. The molecular formula is C17H20N2O3. The molecule has 5 nitrogen and oxygen atoms in total. The molecule has 116 valence electrons. The van der Waals surface area contributed by atoms with Gasteiger partial charge in [-0.2, -0.15) is 0 Å². The second kappa shape index (κ2) is 7.04. The molecule has 0 radical (unpaired) electrons. The Balaban J connectivity index is 2.07. The third-order valence-electron chi connectivity index (χ3n) is 3.27. The fourth-order valence-corrected chi connectivity index (χ4v) is 2.07. The molecule has 1 aromatic heterocycles. The van der Waals surface area contributed by atoms with Gasteiger partial charge in [-0.05, 0) is 31.5 Å². The Morgan fingerprint density at radius 1 is 1.27 bits per heavy atom. The Hall–Kier alpha value is -2.40. The van der Waals surface area contributed by atoms with Gasteiger partial charge in [0.15, 0.2) is 11.4 Å². The van der Waals surface area contributed by atoms with Crippen molar-refractivity contribution >= 4 is 5.91 Å². The van der Waals surface area contributed by atoms with Crippen molar-refractivity contribution in [1.29, 1.82) is 0 Å². The third kappa shape index (κ3) is 3.83. The van der Waals surface area contributed by atoms with Crippen LogP contribution in [0.15, 0.2) is 48.7 Å². The molecular weight excluding hydrogens is 280 g/mol. The van der Waals surface area contributed by atoms with Gasteiger partial charge >= 0.3 is 0 Å². The van der Waals surface area contributed by atoms with Gasteiger partial charge < -0.3 is 15.2 Å². The predicted molar refractivity (Wildman–Crippen MR) is 83.8 cm³/mol. The van der Waals surface area contributed by atoms with Crippen molar-refractivity contribution in [3.05, 3.63) is 59.9 Å². The Morgan fingerprint density at radius 3 is 2.68 bits per heavy atom. The molecule has 0 spiro atoms. The SMILES string of the molecule is CCOc1cccnc1C(=O)NCC(C)(O)c1ccccc1. The summed E-state index contributed by atoms with van der Waals surface area (Å²) in [6.45, 7) is 4.03. The number of hydrogen-bond donors (Lipinski definition) is 2. The minimum absolute atomic E-state index is 0.0813. The highest BCUT2D eigenvalue weighted by Crippen LogP contribution is 2.20. The smallest absolute Gasteiger partial charge is 0.273 e. The van der Waals surface area contributed by atoms with Crippen LogP contribution >= 0.6 is 0 Å². The van der Waals surface area contributed by atoms with Crippen molar-refractivity contribution in [2.24, 2.45) is 0 Å². The van der Waals surface area contributed by atoms with Gasteiger partial charge in [0.2, 0.25) is 0 Å². The van der Waals surface area contributed by atoms with Crippen LogP contribution in [0.1, 0.15) is 29.9 Å². The number of carbonyl (C=O) groups is 1. The molecule has 1 aromatic carbocycles. The highest BCUT2D eigenvalue weighted by Gasteiger charge is 2.24. The molecule has 0 saturated heterocycles. The summed E-state index contributed by atoms with van der Waals surface area (Å²) < 4.78 is 5.39. The molecule has 0 aliphatic heterocycles. The van der Waals surface area contributed by atoms with E-state index in [1.54, 1.807) is 19.1 Å². The van der Waals surface area contributed by atoms with Crippen molar-refractivity contribution in [2.45, 2.75) is 19.4 Å². The zero-order valence-corrected chi connectivity index (χ0v) is 12.7. The summed E-state index contributed by atoms with van der Waals surface area (Å²) in [5, 5.41) is 13.2. The largest absolute Gasteiger partial charge is 0.491 e. The van der Waals surface area contributed by atoms with Crippen LogP contribution in [0.5, 0.6) is 5.75 Å². The molecule has 1 heterocycles. The first-order valence-corrected chi connectivity index (χ1v) is 7.18. The first-order chi connectivity index (χ1) is 10.5. The van der Waals surface area contributed by atoms with E-state index in [-0.39, 0.29) is 18.1 Å². The van der Waals surface area contributed by atoms with Crippen molar-refractivity contribution in [1.82, 2.24) is 10.3 Å². The number of benzene rings is 1.